The highest BCUT2D eigenvalue weighted by atomic mass is 32.2. The molecule has 180 valence electrons. The number of phenolic OH excluding ortho intramolecular Hbond substituents is 1. The van der Waals surface area contributed by atoms with Gasteiger partial charge in [-0.2, -0.15) is 0 Å². The van der Waals surface area contributed by atoms with Crippen molar-refractivity contribution in [3.05, 3.63) is 64.5 Å². The summed E-state index contributed by atoms with van der Waals surface area (Å²) in [6.07, 6.45) is 8.05. The van der Waals surface area contributed by atoms with E-state index in [0.29, 0.717) is 35.7 Å². The SMILES string of the molecule is CCCCCCCOc1cc(CSc2ccc(F)cc2)c(C(=O)OC)c(O)c1CC=C(C)C. The molecule has 0 saturated carbocycles. The van der Waals surface area contributed by atoms with E-state index in [4.69, 9.17) is 9.47 Å². The largest absolute Gasteiger partial charge is 0.507 e. The molecule has 0 aliphatic heterocycles. The molecular formula is C27H35FO4S. The van der Waals surface area contributed by atoms with Crippen LogP contribution in [0.3, 0.4) is 0 Å². The van der Waals surface area contributed by atoms with E-state index in [1.165, 1.54) is 50.3 Å². The Hall–Kier alpha value is -2.47. The molecule has 0 unspecified atom stereocenters. The Morgan fingerprint density at radius 2 is 1.82 bits per heavy atom. The van der Waals surface area contributed by atoms with Crippen molar-refractivity contribution in [3.63, 3.8) is 0 Å². The van der Waals surface area contributed by atoms with Gasteiger partial charge in [0, 0.05) is 16.2 Å². The first kappa shape index (κ1) is 26.8. The minimum atomic E-state index is -0.591. The van der Waals surface area contributed by atoms with Gasteiger partial charge in [0.15, 0.2) is 0 Å². The number of esters is 1. The second kappa shape index (κ2) is 13.9. The van der Waals surface area contributed by atoms with Crippen LogP contribution in [-0.2, 0) is 16.9 Å². The van der Waals surface area contributed by atoms with E-state index in [-0.39, 0.29) is 17.1 Å². The second-order valence-electron chi connectivity index (χ2n) is 8.22. The second-order valence-corrected chi connectivity index (χ2v) is 9.27. The predicted molar refractivity (Wildman–Crippen MR) is 133 cm³/mol. The van der Waals surface area contributed by atoms with Crippen molar-refractivity contribution in [1.82, 2.24) is 0 Å². The lowest BCUT2D eigenvalue weighted by atomic mass is 9.99. The molecule has 2 aromatic rings. The van der Waals surface area contributed by atoms with Gasteiger partial charge in [-0.15, -0.1) is 11.8 Å². The lowest BCUT2D eigenvalue weighted by Gasteiger charge is -2.18. The summed E-state index contributed by atoms with van der Waals surface area (Å²) in [4.78, 5) is 13.4. The van der Waals surface area contributed by atoms with Crippen LogP contribution in [0.1, 0.15) is 74.4 Å². The lowest BCUT2D eigenvalue weighted by Crippen LogP contribution is -2.10. The first-order valence-electron chi connectivity index (χ1n) is 11.5. The normalized spacial score (nSPS) is 10.7. The fraction of sp³-hybridized carbons (Fsp3) is 0.444. The van der Waals surface area contributed by atoms with E-state index < -0.39 is 5.97 Å². The number of carbonyl (C=O) groups is 1. The number of aromatic hydroxyl groups is 1. The third kappa shape index (κ3) is 8.43. The van der Waals surface area contributed by atoms with Crippen molar-refractivity contribution in [2.75, 3.05) is 13.7 Å². The van der Waals surface area contributed by atoms with Crippen molar-refractivity contribution in [1.29, 1.82) is 0 Å². The van der Waals surface area contributed by atoms with E-state index >= 15 is 0 Å². The Labute approximate surface area is 201 Å². The van der Waals surface area contributed by atoms with Gasteiger partial charge in [0.25, 0.3) is 0 Å². The third-order valence-electron chi connectivity index (χ3n) is 5.26. The molecule has 0 aromatic heterocycles. The van der Waals surface area contributed by atoms with Crippen LogP contribution in [0, 0.1) is 5.82 Å². The molecule has 1 N–H and O–H groups in total. The lowest BCUT2D eigenvalue weighted by molar-refractivity contribution is 0.0596. The number of phenols is 1. The van der Waals surface area contributed by atoms with Crippen LogP contribution < -0.4 is 4.74 Å². The number of allylic oxidation sites excluding steroid dienone is 2. The van der Waals surface area contributed by atoms with Crippen LogP contribution >= 0.6 is 11.8 Å². The topological polar surface area (TPSA) is 55.8 Å². The molecule has 0 saturated heterocycles. The van der Waals surface area contributed by atoms with Gasteiger partial charge in [-0.25, -0.2) is 9.18 Å². The van der Waals surface area contributed by atoms with Crippen LogP contribution in [0.4, 0.5) is 4.39 Å². The highest BCUT2D eigenvalue weighted by molar-refractivity contribution is 7.98. The molecular weight excluding hydrogens is 439 g/mol. The van der Waals surface area contributed by atoms with E-state index in [0.717, 1.165) is 23.3 Å². The van der Waals surface area contributed by atoms with Crippen molar-refractivity contribution >= 4 is 17.7 Å². The van der Waals surface area contributed by atoms with E-state index in [9.17, 15) is 14.3 Å². The number of unbranched alkanes of at least 4 members (excludes halogenated alkanes) is 4. The van der Waals surface area contributed by atoms with Gasteiger partial charge >= 0.3 is 5.97 Å². The maximum atomic E-state index is 13.2. The summed E-state index contributed by atoms with van der Waals surface area (Å²) in [7, 11) is 1.30. The molecule has 2 rings (SSSR count). The molecule has 0 aliphatic carbocycles. The van der Waals surface area contributed by atoms with Crippen molar-refractivity contribution < 1.29 is 23.8 Å². The summed E-state index contributed by atoms with van der Waals surface area (Å²) in [5.74, 6) is -0.00276. The van der Waals surface area contributed by atoms with Crippen LogP contribution in [0.25, 0.3) is 0 Å². The number of hydrogen-bond donors (Lipinski definition) is 1. The average Bonchev–Trinajstić information content (AvgIpc) is 2.79. The Kier molecular flexibility index (Phi) is 11.3. The van der Waals surface area contributed by atoms with Crippen molar-refractivity contribution in [2.45, 2.75) is 69.9 Å². The minimum Gasteiger partial charge on any atom is -0.507 e. The Morgan fingerprint density at radius 3 is 2.45 bits per heavy atom. The quantitative estimate of drug-likeness (QED) is 0.141. The number of halogens is 1. The van der Waals surface area contributed by atoms with Crippen molar-refractivity contribution in [3.8, 4) is 11.5 Å². The average molecular weight is 475 g/mol. The number of methoxy groups -OCH3 is 1. The molecule has 2 aromatic carbocycles. The molecule has 0 fully saturated rings. The molecule has 33 heavy (non-hydrogen) atoms. The number of thioether (sulfide) groups is 1. The standard InChI is InChI=1S/C27H35FO4S/c1-5-6-7-8-9-16-32-24-17-20(18-33-22-13-11-21(28)12-14-22)25(27(30)31-4)26(29)23(24)15-10-19(2)3/h10-14,17,29H,5-9,15-16,18H2,1-4H3. The zero-order chi connectivity index (χ0) is 24.2. The maximum Gasteiger partial charge on any atom is 0.341 e. The summed E-state index contributed by atoms with van der Waals surface area (Å²) in [5.41, 5.74) is 2.46. The van der Waals surface area contributed by atoms with Crippen molar-refractivity contribution in [2.24, 2.45) is 0 Å². The summed E-state index contributed by atoms with van der Waals surface area (Å²) < 4.78 is 24.3. The zero-order valence-electron chi connectivity index (χ0n) is 20.1. The van der Waals surface area contributed by atoms with Gasteiger partial charge in [0.2, 0.25) is 0 Å². The molecule has 4 nitrogen and oxygen atoms in total. The number of benzene rings is 2. The van der Waals surface area contributed by atoms with Crippen LogP contribution in [0.15, 0.2) is 46.9 Å². The minimum absolute atomic E-state index is 0.0995. The summed E-state index contributed by atoms with van der Waals surface area (Å²) >= 11 is 1.45. The molecule has 0 bridgehead atoms. The van der Waals surface area contributed by atoms with Crippen LogP contribution in [0.5, 0.6) is 11.5 Å². The molecule has 0 spiro atoms. The molecule has 0 atom stereocenters. The maximum absolute atomic E-state index is 13.2. The molecule has 6 heteroatoms. The van der Waals surface area contributed by atoms with Gasteiger partial charge in [0.1, 0.15) is 22.9 Å². The highest BCUT2D eigenvalue weighted by Crippen LogP contribution is 2.38. The number of hydrogen-bond acceptors (Lipinski definition) is 5. The predicted octanol–water partition coefficient (Wildman–Crippen LogP) is 7.47. The van der Waals surface area contributed by atoms with Gasteiger partial charge in [-0.05, 0) is 62.6 Å². The summed E-state index contributed by atoms with van der Waals surface area (Å²) in [6.45, 7) is 6.71. The highest BCUT2D eigenvalue weighted by Gasteiger charge is 2.24. The first-order valence-corrected chi connectivity index (χ1v) is 12.5. The van der Waals surface area contributed by atoms with Gasteiger partial charge in [0.05, 0.1) is 13.7 Å². The van der Waals surface area contributed by atoms with E-state index in [1.807, 2.05) is 26.0 Å². The molecule has 0 radical (unpaired) electrons. The Balaban J connectivity index is 2.35. The van der Waals surface area contributed by atoms with Gasteiger partial charge in [-0.3, -0.25) is 0 Å². The fourth-order valence-corrected chi connectivity index (χ4v) is 4.27. The third-order valence-corrected chi connectivity index (χ3v) is 6.32. The number of carbonyl (C=O) groups excluding carboxylic acids is 1. The van der Waals surface area contributed by atoms with Gasteiger partial charge < -0.3 is 14.6 Å². The van der Waals surface area contributed by atoms with Crippen LogP contribution in [0.2, 0.25) is 0 Å². The van der Waals surface area contributed by atoms with E-state index in [1.54, 1.807) is 12.1 Å². The molecule has 0 aliphatic rings. The first-order chi connectivity index (χ1) is 15.9. The molecule has 0 amide bonds. The number of ether oxygens (including phenoxy) is 2. The Morgan fingerprint density at radius 1 is 1.12 bits per heavy atom. The van der Waals surface area contributed by atoms with E-state index in [2.05, 4.69) is 6.92 Å². The molecule has 0 heterocycles. The monoisotopic (exact) mass is 474 g/mol. The zero-order valence-corrected chi connectivity index (χ0v) is 20.9. The fourth-order valence-electron chi connectivity index (χ4n) is 3.39. The van der Waals surface area contributed by atoms with Crippen LogP contribution in [-0.4, -0.2) is 24.8 Å². The smallest absolute Gasteiger partial charge is 0.341 e. The Bertz CT molecular complexity index is 934. The van der Waals surface area contributed by atoms with Gasteiger partial charge in [-0.1, -0.05) is 44.3 Å². The number of rotatable bonds is 13. The summed E-state index contributed by atoms with van der Waals surface area (Å²) in [6, 6.07) is 8.01. The summed E-state index contributed by atoms with van der Waals surface area (Å²) in [5, 5.41) is 11.1.